The minimum absolute atomic E-state index is 0.000423. The lowest BCUT2D eigenvalue weighted by atomic mass is 10.2. The van der Waals surface area contributed by atoms with Crippen LogP contribution in [0.15, 0.2) is 76.0 Å². The number of carbonyl (C=O) groups excluding carboxylic acids is 1. The molecule has 2 aromatic carbocycles. The van der Waals surface area contributed by atoms with Crippen molar-refractivity contribution in [3.05, 3.63) is 95.2 Å². The SMILES string of the molecule is CCc1ccc(OCc2ccc(C(=O)Nc3ccc(S(=O)(=O)Nc4nc(C)cc(C)n4)cc3)o2)cc1. The molecular formula is C26H26N4O5S. The van der Waals surface area contributed by atoms with Gasteiger partial charge in [0.1, 0.15) is 18.1 Å². The van der Waals surface area contributed by atoms with Crippen molar-refractivity contribution in [2.45, 2.75) is 38.7 Å². The highest BCUT2D eigenvalue weighted by atomic mass is 32.2. The monoisotopic (exact) mass is 506 g/mol. The molecule has 186 valence electrons. The normalized spacial score (nSPS) is 11.2. The minimum Gasteiger partial charge on any atom is -0.486 e. The van der Waals surface area contributed by atoms with Gasteiger partial charge in [0.25, 0.3) is 15.9 Å². The predicted molar refractivity (Wildman–Crippen MR) is 136 cm³/mol. The topological polar surface area (TPSA) is 123 Å². The standard InChI is InChI=1S/C26H26N4O5S/c1-4-19-5-9-21(10-6-19)34-16-22-11-14-24(35-22)25(31)29-20-7-12-23(13-8-20)36(32,33)30-26-27-17(2)15-18(3)28-26/h5-15H,4,16H2,1-3H3,(H,29,31)(H,27,28,30). The van der Waals surface area contributed by atoms with Gasteiger partial charge < -0.3 is 14.5 Å². The molecule has 0 aliphatic carbocycles. The van der Waals surface area contributed by atoms with E-state index >= 15 is 0 Å². The molecule has 0 unspecified atom stereocenters. The fraction of sp³-hybridized carbons (Fsp3) is 0.192. The van der Waals surface area contributed by atoms with Crippen LogP contribution in [0.1, 0.15) is 40.2 Å². The summed E-state index contributed by atoms with van der Waals surface area (Å²) in [6.07, 6.45) is 0.953. The average molecular weight is 507 g/mol. The van der Waals surface area contributed by atoms with E-state index in [1.807, 2.05) is 24.3 Å². The van der Waals surface area contributed by atoms with Gasteiger partial charge in [-0.15, -0.1) is 0 Å². The second-order valence-corrected chi connectivity index (χ2v) is 9.79. The van der Waals surface area contributed by atoms with Gasteiger partial charge in [-0.3, -0.25) is 4.79 Å². The van der Waals surface area contributed by atoms with Crippen LogP contribution in [0.25, 0.3) is 0 Å². The molecule has 1 amide bonds. The number of amides is 1. The van der Waals surface area contributed by atoms with Gasteiger partial charge in [0.2, 0.25) is 5.95 Å². The first-order chi connectivity index (χ1) is 17.2. The number of carbonyl (C=O) groups is 1. The van der Waals surface area contributed by atoms with Gasteiger partial charge in [-0.2, -0.15) is 0 Å². The summed E-state index contributed by atoms with van der Waals surface area (Å²) in [4.78, 5) is 20.8. The van der Waals surface area contributed by atoms with Crippen molar-refractivity contribution in [3.8, 4) is 5.75 Å². The first-order valence-corrected chi connectivity index (χ1v) is 12.8. The molecule has 36 heavy (non-hydrogen) atoms. The molecule has 0 bridgehead atoms. The van der Waals surface area contributed by atoms with E-state index in [0.717, 1.165) is 6.42 Å². The fourth-order valence-electron chi connectivity index (χ4n) is 3.41. The van der Waals surface area contributed by atoms with E-state index in [0.29, 0.717) is 28.6 Å². The Hall–Kier alpha value is -4.18. The first-order valence-electron chi connectivity index (χ1n) is 11.3. The van der Waals surface area contributed by atoms with Crippen LogP contribution in [-0.2, 0) is 23.1 Å². The summed E-state index contributed by atoms with van der Waals surface area (Å²) in [7, 11) is -3.89. The molecule has 2 N–H and O–H groups in total. The molecular weight excluding hydrogens is 480 g/mol. The van der Waals surface area contributed by atoms with E-state index in [1.54, 1.807) is 32.0 Å². The van der Waals surface area contributed by atoms with Gasteiger partial charge in [0.15, 0.2) is 5.76 Å². The van der Waals surface area contributed by atoms with E-state index in [-0.39, 0.29) is 23.2 Å². The predicted octanol–water partition coefficient (Wildman–Crippen LogP) is 4.88. The fourth-order valence-corrected chi connectivity index (χ4v) is 4.36. The molecule has 0 radical (unpaired) electrons. The number of anilines is 2. The van der Waals surface area contributed by atoms with Crippen LogP contribution in [-0.4, -0.2) is 24.3 Å². The smallest absolute Gasteiger partial charge is 0.291 e. The second kappa shape index (κ2) is 10.6. The molecule has 9 nitrogen and oxygen atoms in total. The quantitative estimate of drug-likeness (QED) is 0.332. The Morgan fingerprint density at radius 3 is 2.25 bits per heavy atom. The molecule has 0 aliphatic heterocycles. The van der Waals surface area contributed by atoms with Gasteiger partial charge in [0, 0.05) is 17.1 Å². The Morgan fingerprint density at radius 2 is 1.61 bits per heavy atom. The maximum absolute atomic E-state index is 12.7. The maximum Gasteiger partial charge on any atom is 0.291 e. The van der Waals surface area contributed by atoms with Crippen molar-refractivity contribution >= 4 is 27.6 Å². The second-order valence-electron chi connectivity index (χ2n) is 8.11. The molecule has 4 aromatic rings. The molecule has 0 saturated heterocycles. The number of aryl methyl sites for hydroxylation is 3. The molecule has 0 spiro atoms. The Kier molecular flexibility index (Phi) is 7.35. The Bertz CT molecular complexity index is 1440. The lowest BCUT2D eigenvalue weighted by Gasteiger charge is -2.09. The Morgan fingerprint density at radius 1 is 0.944 bits per heavy atom. The van der Waals surface area contributed by atoms with Crippen LogP contribution < -0.4 is 14.8 Å². The zero-order chi connectivity index (χ0) is 25.7. The zero-order valence-corrected chi connectivity index (χ0v) is 20.9. The summed E-state index contributed by atoms with van der Waals surface area (Å²) in [6.45, 7) is 5.78. The molecule has 0 saturated carbocycles. The molecule has 2 aromatic heterocycles. The van der Waals surface area contributed by atoms with Gasteiger partial charge in [-0.1, -0.05) is 19.1 Å². The van der Waals surface area contributed by atoms with Crippen molar-refractivity contribution in [2.75, 3.05) is 10.0 Å². The van der Waals surface area contributed by atoms with Gasteiger partial charge in [0.05, 0.1) is 4.90 Å². The molecule has 0 aliphatic rings. The third kappa shape index (κ3) is 6.28. The highest BCUT2D eigenvalue weighted by molar-refractivity contribution is 7.92. The number of aromatic nitrogens is 2. The first kappa shape index (κ1) is 24.9. The van der Waals surface area contributed by atoms with Crippen LogP contribution in [0.4, 0.5) is 11.6 Å². The van der Waals surface area contributed by atoms with Crippen molar-refractivity contribution in [2.24, 2.45) is 0 Å². The summed E-state index contributed by atoms with van der Waals surface area (Å²) in [5.74, 6) is 0.857. The average Bonchev–Trinajstić information content (AvgIpc) is 3.32. The van der Waals surface area contributed by atoms with E-state index in [1.165, 1.54) is 29.8 Å². The molecule has 0 fully saturated rings. The summed E-state index contributed by atoms with van der Waals surface area (Å²) in [5.41, 5.74) is 2.93. The number of furan rings is 1. The number of rotatable bonds is 9. The minimum atomic E-state index is -3.89. The van der Waals surface area contributed by atoms with E-state index < -0.39 is 15.9 Å². The van der Waals surface area contributed by atoms with Gasteiger partial charge in [-0.25, -0.2) is 23.1 Å². The van der Waals surface area contributed by atoms with E-state index in [4.69, 9.17) is 9.15 Å². The Balaban J connectivity index is 1.35. The molecule has 10 heteroatoms. The highest BCUT2D eigenvalue weighted by Gasteiger charge is 2.17. The van der Waals surface area contributed by atoms with Gasteiger partial charge in [-0.05, 0) is 80.4 Å². The number of nitrogens with zero attached hydrogens (tertiary/aromatic N) is 2. The van der Waals surface area contributed by atoms with Crippen molar-refractivity contribution in [1.82, 2.24) is 9.97 Å². The number of ether oxygens (including phenoxy) is 1. The third-order valence-electron chi connectivity index (χ3n) is 5.23. The van der Waals surface area contributed by atoms with Crippen molar-refractivity contribution in [3.63, 3.8) is 0 Å². The van der Waals surface area contributed by atoms with E-state index in [2.05, 4.69) is 26.9 Å². The number of hydrogen-bond donors (Lipinski definition) is 2. The maximum atomic E-state index is 12.7. The third-order valence-corrected chi connectivity index (χ3v) is 6.57. The zero-order valence-electron chi connectivity index (χ0n) is 20.1. The summed E-state index contributed by atoms with van der Waals surface area (Å²) < 4.78 is 39.0. The number of benzene rings is 2. The molecule has 0 atom stereocenters. The number of nitrogens with one attached hydrogen (secondary N) is 2. The molecule has 4 rings (SSSR count). The summed E-state index contributed by atoms with van der Waals surface area (Å²) in [6, 6.07) is 18.5. The highest BCUT2D eigenvalue weighted by Crippen LogP contribution is 2.19. The van der Waals surface area contributed by atoms with Crippen LogP contribution >= 0.6 is 0 Å². The van der Waals surface area contributed by atoms with Gasteiger partial charge >= 0.3 is 0 Å². The number of hydrogen-bond acceptors (Lipinski definition) is 7. The lowest BCUT2D eigenvalue weighted by molar-refractivity contribution is 0.0992. The van der Waals surface area contributed by atoms with Crippen molar-refractivity contribution in [1.29, 1.82) is 0 Å². The summed E-state index contributed by atoms with van der Waals surface area (Å²) in [5, 5.41) is 2.69. The van der Waals surface area contributed by atoms with Crippen LogP contribution in [0.3, 0.4) is 0 Å². The largest absolute Gasteiger partial charge is 0.486 e. The van der Waals surface area contributed by atoms with Crippen molar-refractivity contribution < 1.29 is 22.4 Å². The van der Waals surface area contributed by atoms with Crippen LogP contribution in [0, 0.1) is 13.8 Å². The molecule has 2 heterocycles. The lowest BCUT2D eigenvalue weighted by Crippen LogP contribution is -2.16. The van der Waals surface area contributed by atoms with Crippen LogP contribution in [0.5, 0.6) is 5.75 Å². The summed E-state index contributed by atoms with van der Waals surface area (Å²) >= 11 is 0. The number of sulfonamides is 1. The van der Waals surface area contributed by atoms with Crippen LogP contribution in [0.2, 0.25) is 0 Å². The Labute approximate surface area is 209 Å². The van der Waals surface area contributed by atoms with E-state index in [9.17, 15) is 13.2 Å².